The second kappa shape index (κ2) is 8.55. The van der Waals surface area contributed by atoms with Crippen LogP contribution in [0.5, 0.6) is 0 Å². The molecule has 158 valence electrons. The standard InChI is InChI=1S/C21H26N6O2S/c1-26(2)30(28,29)27-11-9-18(15-27)21-19(14-24-25-21)17-8-10-22-20(12-17)23-13-16-6-4-3-5-7-16/h3-8,10,12,14,18H,9,11,13,15H2,1-2H3,(H,22,23)(H,24,25)/t18-/m0/s1. The van der Waals surface area contributed by atoms with Gasteiger partial charge in [-0.1, -0.05) is 30.3 Å². The number of rotatable bonds is 7. The van der Waals surface area contributed by atoms with Crippen molar-refractivity contribution in [3.05, 3.63) is 66.1 Å². The van der Waals surface area contributed by atoms with E-state index in [0.29, 0.717) is 19.6 Å². The van der Waals surface area contributed by atoms with Gasteiger partial charge in [-0.2, -0.15) is 22.1 Å². The first-order chi connectivity index (χ1) is 14.4. The van der Waals surface area contributed by atoms with E-state index in [-0.39, 0.29) is 5.92 Å². The van der Waals surface area contributed by atoms with Gasteiger partial charge < -0.3 is 5.32 Å². The summed E-state index contributed by atoms with van der Waals surface area (Å²) in [5.41, 5.74) is 4.13. The number of benzene rings is 1. The van der Waals surface area contributed by atoms with Gasteiger partial charge in [0.15, 0.2) is 0 Å². The average Bonchev–Trinajstić information content (AvgIpc) is 3.43. The summed E-state index contributed by atoms with van der Waals surface area (Å²) in [6.45, 7) is 1.64. The first-order valence-corrected chi connectivity index (χ1v) is 11.3. The molecule has 0 spiro atoms. The minimum Gasteiger partial charge on any atom is -0.366 e. The van der Waals surface area contributed by atoms with Crippen LogP contribution in [-0.2, 0) is 16.8 Å². The van der Waals surface area contributed by atoms with E-state index in [0.717, 1.165) is 29.1 Å². The highest BCUT2D eigenvalue weighted by atomic mass is 32.2. The molecule has 0 radical (unpaired) electrons. The number of pyridine rings is 1. The maximum atomic E-state index is 12.4. The molecule has 3 heterocycles. The number of hydrogen-bond donors (Lipinski definition) is 2. The molecule has 1 atom stereocenters. The Kier molecular flexibility index (Phi) is 5.85. The first-order valence-electron chi connectivity index (χ1n) is 9.90. The molecule has 1 aromatic carbocycles. The monoisotopic (exact) mass is 426 g/mol. The van der Waals surface area contributed by atoms with Gasteiger partial charge in [0, 0.05) is 57.1 Å². The van der Waals surface area contributed by atoms with E-state index in [9.17, 15) is 8.42 Å². The maximum Gasteiger partial charge on any atom is 0.281 e. The zero-order valence-electron chi connectivity index (χ0n) is 17.1. The molecule has 4 rings (SSSR count). The Hall–Kier alpha value is -2.75. The fourth-order valence-corrected chi connectivity index (χ4v) is 4.89. The fourth-order valence-electron chi connectivity index (χ4n) is 3.72. The molecule has 2 aromatic heterocycles. The third kappa shape index (κ3) is 4.23. The molecule has 0 saturated carbocycles. The highest BCUT2D eigenvalue weighted by Gasteiger charge is 2.35. The van der Waals surface area contributed by atoms with Crippen LogP contribution in [0.1, 0.15) is 23.6 Å². The Morgan fingerprint density at radius 1 is 1.23 bits per heavy atom. The van der Waals surface area contributed by atoms with Gasteiger partial charge in [0.25, 0.3) is 10.2 Å². The van der Waals surface area contributed by atoms with Crippen molar-refractivity contribution in [1.82, 2.24) is 23.8 Å². The fraction of sp³-hybridized carbons (Fsp3) is 0.333. The van der Waals surface area contributed by atoms with Crippen molar-refractivity contribution in [2.75, 3.05) is 32.5 Å². The molecule has 8 nitrogen and oxygen atoms in total. The molecular weight excluding hydrogens is 400 g/mol. The Bertz CT molecular complexity index is 1100. The Labute approximate surface area is 177 Å². The molecule has 1 saturated heterocycles. The number of nitrogens with one attached hydrogen (secondary N) is 2. The number of aromatic amines is 1. The van der Waals surface area contributed by atoms with E-state index < -0.39 is 10.2 Å². The molecule has 1 aliphatic rings. The smallest absolute Gasteiger partial charge is 0.281 e. The summed E-state index contributed by atoms with van der Waals surface area (Å²) in [5.74, 6) is 0.859. The van der Waals surface area contributed by atoms with E-state index >= 15 is 0 Å². The molecule has 2 N–H and O–H groups in total. The molecule has 0 amide bonds. The van der Waals surface area contributed by atoms with Crippen molar-refractivity contribution < 1.29 is 8.42 Å². The van der Waals surface area contributed by atoms with Crippen molar-refractivity contribution in [1.29, 1.82) is 0 Å². The van der Waals surface area contributed by atoms with Gasteiger partial charge in [-0.25, -0.2) is 4.98 Å². The van der Waals surface area contributed by atoms with Crippen LogP contribution in [0.3, 0.4) is 0 Å². The minimum atomic E-state index is -3.41. The van der Waals surface area contributed by atoms with Gasteiger partial charge in [-0.05, 0) is 29.7 Å². The third-order valence-electron chi connectivity index (χ3n) is 5.40. The number of aromatic nitrogens is 3. The Morgan fingerprint density at radius 2 is 2.03 bits per heavy atom. The molecule has 3 aromatic rings. The van der Waals surface area contributed by atoms with Gasteiger partial charge in [0.1, 0.15) is 5.82 Å². The highest BCUT2D eigenvalue weighted by Crippen LogP contribution is 2.34. The summed E-state index contributed by atoms with van der Waals surface area (Å²) in [6, 6.07) is 14.1. The summed E-state index contributed by atoms with van der Waals surface area (Å²) in [4.78, 5) is 4.42. The lowest BCUT2D eigenvalue weighted by Gasteiger charge is -2.20. The van der Waals surface area contributed by atoms with E-state index in [2.05, 4.69) is 32.6 Å². The van der Waals surface area contributed by atoms with Crippen LogP contribution in [0.4, 0.5) is 5.82 Å². The normalized spacial score (nSPS) is 17.5. The van der Waals surface area contributed by atoms with Crippen LogP contribution in [0.15, 0.2) is 54.9 Å². The SMILES string of the molecule is CN(C)S(=O)(=O)N1CC[C@H](c2[nH]ncc2-c2ccnc(NCc3ccccc3)c2)C1. The number of nitrogens with zero attached hydrogens (tertiary/aromatic N) is 4. The summed E-state index contributed by atoms with van der Waals surface area (Å²) >= 11 is 0. The number of H-pyrrole nitrogens is 1. The lowest BCUT2D eigenvalue weighted by molar-refractivity contribution is 0.418. The predicted molar refractivity (Wildman–Crippen MR) is 117 cm³/mol. The minimum absolute atomic E-state index is 0.0751. The number of anilines is 1. The lowest BCUT2D eigenvalue weighted by Crippen LogP contribution is -2.38. The largest absolute Gasteiger partial charge is 0.366 e. The Balaban J connectivity index is 1.51. The van der Waals surface area contributed by atoms with Crippen LogP contribution < -0.4 is 5.32 Å². The van der Waals surface area contributed by atoms with E-state index in [1.807, 2.05) is 30.3 Å². The van der Waals surface area contributed by atoms with Gasteiger partial charge >= 0.3 is 0 Å². The van der Waals surface area contributed by atoms with Crippen molar-refractivity contribution in [2.45, 2.75) is 18.9 Å². The second-order valence-corrected chi connectivity index (χ2v) is 9.74. The van der Waals surface area contributed by atoms with Gasteiger partial charge in [-0.3, -0.25) is 5.10 Å². The van der Waals surface area contributed by atoms with Gasteiger partial charge in [0.2, 0.25) is 0 Å². The summed E-state index contributed by atoms with van der Waals surface area (Å²) < 4.78 is 27.7. The predicted octanol–water partition coefficient (Wildman–Crippen LogP) is 2.68. The molecular formula is C21H26N6O2S. The van der Waals surface area contributed by atoms with Gasteiger partial charge in [-0.15, -0.1) is 0 Å². The molecule has 0 aliphatic carbocycles. The van der Waals surface area contributed by atoms with Crippen molar-refractivity contribution in [3.63, 3.8) is 0 Å². The molecule has 0 bridgehead atoms. The third-order valence-corrected chi connectivity index (χ3v) is 7.31. The number of hydrogen-bond acceptors (Lipinski definition) is 5. The maximum absolute atomic E-state index is 12.4. The molecule has 1 fully saturated rings. The zero-order chi connectivity index (χ0) is 21.1. The van der Waals surface area contributed by atoms with E-state index in [4.69, 9.17) is 0 Å². The topological polar surface area (TPSA) is 94.2 Å². The van der Waals surface area contributed by atoms with Crippen molar-refractivity contribution in [3.8, 4) is 11.1 Å². The first kappa shape index (κ1) is 20.5. The van der Waals surface area contributed by atoms with E-state index in [1.54, 1.807) is 26.5 Å². The molecule has 30 heavy (non-hydrogen) atoms. The molecule has 0 unspecified atom stereocenters. The highest BCUT2D eigenvalue weighted by molar-refractivity contribution is 7.86. The van der Waals surface area contributed by atoms with E-state index in [1.165, 1.54) is 14.2 Å². The summed E-state index contributed by atoms with van der Waals surface area (Å²) in [7, 11) is -0.285. The van der Waals surface area contributed by atoms with Crippen molar-refractivity contribution >= 4 is 16.0 Å². The van der Waals surface area contributed by atoms with Crippen LogP contribution in [0.25, 0.3) is 11.1 Å². The van der Waals surface area contributed by atoms with Crippen LogP contribution in [0.2, 0.25) is 0 Å². The van der Waals surface area contributed by atoms with Crippen LogP contribution >= 0.6 is 0 Å². The molecule has 9 heteroatoms. The summed E-state index contributed by atoms with van der Waals surface area (Å²) in [6.07, 6.45) is 4.33. The van der Waals surface area contributed by atoms with Gasteiger partial charge in [0.05, 0.1) is 6.20 Å². The van der Waals surface area contributed by atoms with Crippen molar-refractivity contribution in [2.24, 2.45) is 0 Å². The summed E-state index contributed by atoms with van der Waals surface area (Å²) in [5, 5.41) is 10.7. The van der Waals surface area contributed by atoms with Crippen LogP contribution in [-0.4, -0.2) is 59.4 Å². The lowest BCUT2D eigenvalue weighted by atomic mass is 9.97. The zero-order valence-corrected chi connectivity index (χ0v) is 17.9. The second-order valence-electron chi connectivity index (χ2n) is 7.60. The average molecular weight is 427 g/mol. The quantitative estimate of drug-likeness (QED) is 0.606. The molecule has 1 aliphatic heterocycles. The van der Waals surface area contributed by atoms with Crippen LogP contribution in [0, 0.1) is 0 Å². The Morgan fingerprint density at radius 3 is 2.80 bits per heavy atom.